The van der Waals surface area contributed by atoms with Gasteiger partial charge < -0.3 is 15.2 Å². The van der Waals surface area contributed by atoms with E-state index in [0.29, 0.717) is 48.3 Å². The third-order valence-electron chi connectivity index (χ3n) is 11.3. The molecule has 0 aliphatic heterocycles. The van der Waals surface area contributed by atoms with Gasteiger partial charge in [-0.2, -0.15) is 0 Å². The number of carbonyl (C=O) groups is 2. The van der Waals surface area contributed by atoms with E-state index < -0.39 is 0 Å². The fourth-order valence-electron chi connectivity index (χ4n) is 9.18. The van der Waals surface area contributed by atoms with E-state index in [1.165, 1.54) is 32.1 Å². The summed E-state index contributed by atoms with van der Waals surface area (Å²) in [5, 5.41) is 13.0. The van der Waals surface area contributed by atoms with Crippen molar-refractivity contribution in [3.8, 4) is 0 Å². The van der Waals surface area contributed by atoms with Crippen LogP contribution >= 0.6 is 0 Å². The number of ether oxygens (including phenoxy) is 1. The Morgan fingerprint density at radius 3 is 2.56 bits per heavy atom. The molecule has 0 heterocycles. The number of aliphatic hydroxyl groups excluding tert-OH is 1. The zero-order chi connectivity index (χ0) is 24.7. The van der Waals surface area contributed by atoms with Gasteiger partial charge in [-0.3, -0.25) is 9.59 Å². The zero-order valence-corrected chi connectivity index (χ0v) is 22.3. The highest BCUT2D eigenvalue weighted by Crippen LogP contribution is 2.67. The predicted molar refractivity (Wildman–Crippen MR) is 134 cm³/mol. The third-order valence-corrected chi connectivity index (χ3v) is 11.3. The first kappa shape index (κ1) is 26.1. The van der Waals surface area contributed by atoms with Crippen LogP contribution < -0.4 is 5.32 Å². The highest BCUT2D eigenvalue weighted by molar-refractivity contribution is 5.83. The van der Waals surface area contributed by atoms with Crippen molar-refractivity contribution in [3.05, 3.63) is 0 Å². The Morgan fingerprint density at radius 2 is 1.85 bits per heavy atom. The minimum Gasteiger partial charge on any atom is -0.465 e. The topological polar surface area (TPSA) is 75.6 Å². The maximum absolute atomic E-state index is 13.6. The van der Waals surface area contributed by atoms with Gasteiger partial charge >= 0.3 is 0 Å². The van der Waals surface area contributed by atoms with Crippen LogP contribution in [0.15, 0.2) is 0 Å². The molecule has 0 aromatic heterocycles. The molecule has 4 aliphatic rings. The summed E-state index contributed by atoms with van der Waals surface area (Å²) in [6, 6.07) is 0. The van der Waals surface area contributed by atoms with Crippen LogP contribution in [0.3, 0.4) is 0 Å². The molecule has 0 aromatic carbocycles. The molecule has 4 saturated carbocycles. The Kier molecular flexibility index (Phi) is 7.56. The van der Waals surface area contributed by atoms with Gasteiger partial charge in [0.05, 0.1) is 6.61 Å². The Bertz CT molecular complexity index is 752. The van der Waals surface area contributed by atoms with Crippen LogP contribution in [0.5, 0.6) is 0 Å². The van der Waals surface area contributed by atoms with E-state index in [-0.39, 0.29) is 35.0 Å². The molecule has 194 valence electrons. The summed E-state index contributed by atoms with van der Waals surface area (Å²) in [6.07, 6.45) is 10.9. The fraction of sp³-hybridized carbons (Fsp3) is 0.931. The number of hydrogen-bond donors (Lipinski definition) is 2. The lowest BCUT2D eigenvalue weighted by molar-refractivity contribution is -0.164. The Balaban J connectivity index is 1.42. The van der Waals surface area contributed by atoms with E-state index in [4.69, 9.17) is 4.74 Å². The van der Waals surface area contributed by atoms with Gasteiger partial charge in [0, 0.05) is 17.9 Å². The van der Waals surface area contributed by atoms with Crippen molar-refractivity contribution >= 4 is 12.3 Å². The molecule has 0 spiro atoms. The number of carbonyl (C=O) groups excluding carboxylic acids is 2. The maximum Gasteiger partial charge on any atom is 0.293 e. The molecule has 2 N–H and O–H groups in total. The number of Topliss-reactive ketones (excluding diaryl/α,β-unsaturated/α-hetero) is 1. The fourth-order valence-corrected chi connectivity index (χ4v) is 9.18. The predicted octanol–water partition coefficient (Wildman–Crippen LogP) is 5.14. The van der Waals surface area contributed by atoms with Crippen LogP contribution in [0.2, 0.25) is 0 Å². The van der Waals surface area contributed by atoms with Crippen molar-refractivity contribution in [2.75, 3.05) is 13.2 Å². The van der Waals surface area contributed by atoms with E-state index >= 15 is 0 Å². The second kappa shape index (κ2) is 9.84. The van der Waals surface area contributed by atoms with Gasteiger partial charge in [0.25, 0.3) is 6.47 Å². The molecule has 0 saturated heterocycles. The number of aliphatic hydroxyl groups is 1. The Labute approximate surface area is 207 Å². The summed E-state index contributed by atoms with van der Waals surface area (Å²) < 4.78 is 5.33. The molecule has 4 rings (SSSR count). The van der Waals surface area contributed by atoms with Crippen LogP contribution in [0.1, 0.15) is 98.8 Å². The molecule has 5 heteroatoms. The minimum absolute atomic E-state index is 0.00272. The Hall–Kier alpha value is -0.940. The van der Waals surface area contributed by atoms with E-state index in [2.05, 4.69) is 26.1 Å². The average molecular weight is 476 g/mol. The average Bonchev–Trinajstić information content (AvgIpc) is 3.15. The number of fused-ring (bicyclic) bond motifs is 5. The normalized spacial score (nSPS) is 42.9. The standard InChI is InChI=1S/C29H49NO4/c1-19(7-6-14-30-27(2,3)17-31)22-8-9-23-26-24(11-13-29(22,23)5)28(4)12-10-21(34-18-32)15-20(28)16-25(26)33/h18-24,26,30-31H,6-17H2,1-5H3/t19-,20+,21-,22-,23?,24?,26?,28+,29-/m1/s1. The molecule has 5 nitrogen and oxygen atoms in total. The minimum atomic E-state index is -0.208. The largest absolute Gasteiger partial charge is 0.465 e. The summed E-state index contributed by atoms with van der Waals surface area (Å²) in [5.74, 6) is 3.55. The molecular weight excluding hydrogens is 426 g/mol. The summed E-state index contributed by atoms with van der Waals surface area (Å²) in [6.45, 7) is 13.2. The van der Waals surface area contributed by atoms with Crippen molar-refractivity contribution in [3.63, 3.8) is 0 Å². The lowest BCUT2D eigenvalue weighted by Gasteiger charge is -2.60. The molecule has 0 bridgehead atoms. The SMILES string of the molecule is C[C@H](CCCNC(C)(C)CO)[C@H]1CCC2C3C(=O)C[C@@H]4C[C@H](OC=O)CC[C@]4(C)C3CC[C@@]21C. The van der Waals surface area contributed by atoms with Gasteiger partial charge in [-0.1, -0.05) is 20.8 Å². The third kappa shape index (κ3) is 4.61. The molecule has 4 fully saturated rings. The van der Waals surface area contributed by atoms with Gasteiger partial charge in [0.2, 0.25) is 0 Å². The van der Waals surface area contributed by atoms with E-state index in [1.807, 2.05) is 13.8 Å². The first-order chi connectivity index (χ1) is 16.1. The molecular formula is C29H49NO4. The highest BCUT2D eigenvalue weighted by Gasteiger charge is 2.63. The van der Waals surface area contributed by atoms with Gasteiger partial charge in [-0.05, 0) is 119 Å². The van der Waals surface area contributed by atoms with Crippen molar-refractivity contribution in [2.45, 2.75) is 110 Å². The molecule has 4 aliphatic carbocycles. The Morgan fingerprint density at radius 1 is 1.15 bits per heavy atom. The first-order valence-electron chi connectivity index (χ1n) is 14.0. The summed E-state index contributed by atoms with van der Waals surface area (Å²) in [7, 11) is 0. The number of rotatable bonds is 9. The molecule has 0 radical (unpaired) electrons. The van der Waals surface area contributed by atoms with Gasteiger partial charge in [0.15, 0.2) is 0 Å². The van der Waals surface area contributed by atoms with E-state index in [9.17, 15) is 14.7 Å². The number of ketones is 1. The van der Waals surface area contributed by atoms with Crippen molar-refractivity contribution in [2.24, 2.45) is 46.3 Å². The van der Waals surface area contributed by atoms with E-state index in [1.54, 1.807) is 0 Å². The van der Waals surface area contributed by atoms with Crippen molar-refractivity contribution < 1.29 is 19.4 Å². The number of hydrogen-bond acceptors (Lipinski definition) is 5. The molecule has 34 heavy (non-hydrogen) atoms. The highest BCUT2D eigenvalue weighted by atomic mass is 16.5. The first-order valence-corrected chi connectivity index (χ1v) is 14.0. The van der Waals surface area contributed by atoms with Gasteiger partial charge in [-0.25, -0.2) is 0 Å². The van der Waals surface area contributed by atoms with Crippen LogP contribution in [-0.4, -0.2) is 42.2 Å². The van der Waals surface area contributed by atoms with Crippen LogP contribution in [-0.2, 0) is 14.3 Å². The zero-order valence-electron chi connectivity index (χ0n) is 22.3. The van der Waals surface area contributed by atoms with Crippen LogP contribution in [0, 0.1) is 46.3 Å². The second-order valence-electron chi connectivity index (χ2n) is 13.6. The lowest BCUT2D eigenvalue weighted by atomic mass is 9.44. The molecule has 0 aromatic rings. The smallest absolute Gasteiger partial charge is 0.293 e. The van der Waals surface area contributed by atoms with Gasteiger partial charge in [0.1, 0.15) is 11.9 Å². The molecule has 0 amide bonds. The summed E-state index contributed by atoms with van der Waals surface area (Å²) >= 11 is 0. The molecule has 3 unspecified atom stereocenters. The maximum atomic E-state index is 13.6. The van der Waals surface area contributed by atoms with Crippen LogP contribution in [0.4, 0.5) is 0 Å². The summed E-state index contributed by atoms with van der Waals surface area (Å²) in [4.78, 5) is 24.5. The quantitative estimate of drug-likeness (QED) is 0.357. The van der Waals surface area contributed by atoms with Crippen molar-refractivity contribution in [1.82, 2.24) is 5.32 Å². The van der Waals surface area contributed by atoms with Crippen LogP contribution in [0.25, 0.3) is 0 Å². The lowest BCUT2D eigenvalue weighted by Crippen LogP contribution is -2.57. The second-order valence-corrected chi connectivity index (χ2v) is 13.6. The number of nitrogens with one attached hydrogen (secondary N) is 1. The van der Waals surface area contributed by atoms with Gasteiger partial charge in [-0.15, -0.1) is 0 Å². The summed E-state index contributed by atoms with van der Waals surface area (Å²) in [5.41, 5.74) is 0.298. The monoisotopic (exact) mass is 475 g/mol. The van der Waals surface area contributed by atoms with E-state index in [0.717, 1.165) is 32.2 Å². The van der Waals surface area contributed by atoms with Crippen molar-refractivity contribution in [1.29, 1.82) is 0 Å². The molecule has 9 atom stereocenters.